The molecule has 1 aliphatic carbocycles. The first-order valence-electron chi connectivity index (χ1n) is 7.29. The Balaban J connectivity index is 1.67. The Morgan fingerprint density at radius 3 is 2.90 bits per heavy atom. The van der Waals surface area contributed by atoms with E-state index in [0.717, 1.165) is 18.4 Å². The molecule has 2 N–H and O–H groups in total. The highest BCUT2D eigenvalue weighted by Gasteiger charge is 2.23. The minimum Gasteiger partial charge on any atom is -0.484 e. The van der Waals surface area contributed by atoms with Crippen molar-refractivity contribution >= 4 is 5.91 Å². The van der Waals surface area contributed by atoms with E-state index in [1.54, 1.807) is 0 Å². The Morgan fingerprint density at radius 2 is 2.20 bits per heavy atom. The van der Waals surface area contributed by atoms with Gasteiger partial charge in [-0.15, -0.1) is 0 Å². The molecule has 20 heavy (non-hydrogen) atoms. The summed E-state index contributed by atoms with van der Waals surface area (Å²) in [5.74, 6) is 0.841. The zero-order chi connectivity index (χ0) is 14.4. The van der Waals surface area contributed by atoms with Crippen molar-refractivity contribution in [3.8, 4) is 5.75 Å². The number of hydrogen-bond donors (Lipinski definition) is 2. The first kappa shape index (κ1) is 14.9. The molecule has 0 heterocycles. The Hall–Kier alpha value is -1.55. The number of rotatable bonds is 6. The van der Waals surface area contributed by atoms with E-state index < -0.39 is 6.10 Å². The van der Waals surface area contributed by atoms with Gasteiger partial charge >= 0.3 is 0 Å². The highest BCUT2D eigenvalue weighted by molar-refractivity contribution is 5.77. The molecule has 1 fully saturated rings. The van der Waals surface area contributed by atoms with Gasteiger partial charge in [-0.2, -0.15) is 0 Å². The van der Waals surface area contributed by atoms with Crippen LogP contribution in [0.25, 0.3) is 0 Å². The predicted molar refractivity (Wildman–Crippen MR) is 77.6 cm³/mol. The fourth-order valence-electron chi connectivity index (χ4n) is 2.63. The first-order valence-corrected chi connectivity index (χ1v) is 7.29. The Bertz CT molecular complexity index is 441. The van der Waals surface area contributed by atoms with Crippen molar-refractivity contribution in [1.29, 1.82) is 0 Å². The molecule has 4 nitrogen and oxygen atoms in total. The van der Waals surface area contributed by atoms with Crippen LogP contribution in [0.15, 0.2) is 24.3 Å². The zero-order valence-corrected chi connectivity index (χ0v) is 12.0. The molecule has 0 spiro atoms. The minimum absolute atomic E-state index is 0.0131. The largest absolute Gasteiger partial charge is 0.484 e. The number of carbonyl (C=O) groups is 1. The van der Waals surface area contributed by atoms with Crippen LogP contribution in [0.5, 0.6) is 5.75 Å². The molecule has 0 aromatic heterocycles. The van der Waals surface area contributed by atoms with Gasteiger partial charge in [0.15, 0.2) is 6.61 Å². The monoisotopic (exact) mass is 277 g/mol. The molecule has 1 aromatic rings. The maximum Gasteiger partial charge on any atom is 0.258 e. The van der Waals surface area contributed by atoms with Crippen molar-refractivity contribution in [2.24, 2.45) is 5.92 Å². The molecule has 0 aliphatic heterocycles. The number of carbonyl (C=O) groups excluding carboxylic acids is 1. The van der Waals surface area contributed by atoms with E-state index >= 15 is 0 Å². The summed E-state index contributed by atoms with van der Waals surface area (Å²) < 4.78 is 5.41. The Kier molecular flexibility index (Phi) is 5.41. The maximum atomic E-state index is 11.7. The molecule has 2 rings (SSSR count). The van der Waals surface area contributed by atoms with Crippen LogP contribution < -0.4 is 10.1 Å². The fraction of sp³-hybridized carbons (Fsp3) is 0.562. The van der Waals surface area contributed by atoms with Gasteiger partial charge in [0.1, 0.15) is 5.75 Å². The SMILES string of the molecule is Cc1cccc(OCC(=O)NCC(O)C2CCCC2)c1. The molecule has 110 valence electrons. The number of aliphatic hydroxyl groups excluding tert-OH is 1. The van der Waals surface area contributed by atoms with Crippen LogP contribution >= 0.6 is 0 Å². The third kappa shape index (κ3) is 4.53. The smallest absolute Gasteiger partial charge is 0.258 e. The predicted octanol–water partition coefficient (Wildman–Crippen LogP) is 2.04. The van der Waals surface area contributed by atoms with Crippen LogP contribution in [-0.4, -0.2) is 30.3 Å². The maximum absolute atomic E-state index is 11.7. The molecule has 1 saturated carbocycles. The first-order chi connectivity index (χ1) is 9.65. The number of ether oxygens (including phenoxy) is 1. The number of hydrogen-bond acceptors (Lipinski definition) is 3. The van der Waals surface area contributed by atoms with E-state index in [0.29, 0.717) is 18.2 Å². The quantitative estimate of drug-likeness (QED) is 0.836. The van der Waals surface area contributed by atoms with Gasteiger partial charge in [-0.1, -0.05) is 25.0 Å². The Morgan fingerprint density at radius 1 is 1.45 bits per heavy atom. The van der Waals surface area contributed by atoms with Crippen LogP contribution in [0, 0.1) is 12.8 Å². The van der Waals surface area contributed by atoms with E-state index in [1.807, 2.05) is 31.2 Å². The van der Waals surface area contributed by atoms with Crippen molar-refractivity contribution < 1.29 is 14.6 Å². The van der Waals surface area contributed by atoms with Crippen LogP contribution in [-0.2, 0) is 4.79 Å². The van der Waals surface area contributed by atoms with Gasteiger partial charge < -0.3 is 15.2 Å². The molecule has 1 aromatic carbocycles. The average Bonchev–Trinajstić information content (AvgIpc) is 2.97. The van der Waals surface area contributed by atoms with Gasteiger partial charge in [0.25, 0.3) is 5.91 Å². The normalized spacial score (nSPS) is 16.9. The van der Waals surface area contributed by atoms with Crippen LogP contribution in [0.1, 0.15) is 31.2 Å². The number of aliphatic hydroxyl groups is 1. The van der Waals surface area contributed by atoms with E-state index in [1.165, 1.54) is 12.8 Å². The second kappa shape index (κ2) is 7.29. The highest BCUT2D eigenvalue weighted by Crippen LogP contribution is 2.27. The lowest BCUT2D eigenvalue weighted by molar-refractivity contribution is -0.123. The summed E-state index contributed by atoms with van der Waals surface area (Å²) >= 11 is 0. The van der Waals surface area contributed by atoms with Gasteiger partial charge in [-0.05, 0) is 43.4 Å². The minimum atomic E-state index is -0.430. The summed E-state index contributed by atoms with van der Waals surface area (Å²) in [5.41, 5.74) is 1.10. The molecule has 1 amide bonds. The molecule has 1 unspecified atom stereocenters. The topological polar surface area (TPSA) is 58.6 Å². The van der Waals surface area contributed by atoms with E-state index in [2.05, 4.69) is 5.32 Å². The van der Waals surface area contributed by atoms with Gasteiger partial charge in [-0.25, -0.2) is 0 Å². The fourth-order valence-corrected chi connectivity index (χ4v) is 2.63. The van der Waals surface area contributed by atoms with Gasteiger partial charge in [0, 0.05) is 6.54 Å². The molecule has 1 aliphatic rings. The number of amides is 1. The average molecular weight is 277 g/mol. The number of nitrogens with one attached hydrogen (secondary N) is 1. The van der Waals surface area contributed by atoms with Crippen molar-refractivity contribution in [3.05, 3.63) is 29.8 Å². The van der Waals surface area contributed by atoms with Gasteiger partial charge in [0.2, 0.25) is 0 Å². The standard InChI is InChI=1S/C16H23NO3/c1-12-5-4-8-14(9-12)20-11-16(19)17-10-15(18)13-6-2-3-7-13/h4-5,8-9,13,15,18H,2-3,6-7,10-11H2,1H3,(H,17,19). The molecule has 4 heteroatoms. The van der Waals surface area contributed by atoms with Crippen molar-refractivity contribution in [3.63, 3.8) is 0 Å². The third-order valence-corrected chi connectivity index (χ3v) is 3.81. The summed E-state index contributed by atoms with van der Waals surface area (Å²) in [6.07, 6.45) is 4.08. The molecule has 0 radical (unpaired) electrons. The van der Waals surface area contributed by atoms with E-state index in [9.17, 15) is 9.90 Å². The summed E-state index contributed by atoms with van der Waals surface area (Å²) in [6.45, 7) is 2.28. The van der Waals surface area contributed by atoms with Crippen molar-refractivity contribution in [2.75, 3.05) is 13.2 Å². The lowest BCUT2D eigenvalue weighted by atomic mass is 10.0. The van der Waals surface area contributed by atoms with Gasteiger partial charge in [-0.3, -0.25) is 4.79 Å². The summed E-state index contributed by atoms with van der Waals surface area (Å²) in [5, 5.41) is 12.7. The van der Waals surface area contributed by atoms with Gasteiger partial charge in [0.05, 0.1) is 6.10 Å². The van der Waals surface area contributed by atoms with Crippen molar-refractivity contribution in [1.82, 2.24) is 5.32 Å². The third-order valence-electron chi connectivity index (χ3n) is 3.81. The zero-order valence-electron chi connectivity index (χ0n) is 12.0. The Labute approximate surface area is 120 Å². The van der Waals surface area contributed by atoms with E-state index in [4.69, 9.17) is 4.74 Å². The highest BCUT2D eigenvalue weighted by atomic mass is 16.5. The van der Waals surface area contributed by atoms with Crippen molar-refractivity contribution in [2.45, 2.75) is 38.7 Å². The molecule has 0 bridgehead atoms. The summed E-state index contributed by atoms with van der Waals surface area (Å²) in [7, 11) is 0. The lowest BCUT2D eigenvalue weighted by Crippen LogP contribution is -2.37. The molecular formula is C16H23NO3. The number of aryl methyl sites for hydroxylation is 1. The molecule has 1 atom stereocenters. The summed E-state index contributed by atoms with van der Waals surface area (Å²) in [6, 6.07) is 7.59. The summed E-state index contributed by atoms with van der Waals surface area (Å²) in [4.78, 5) is 11.7. The number of benzene rings is 1. The van der Waals surface area contributed by atoms with Crippen LogP contribution in [0.3, 0.4) is 0 Å². The molecule has 0 saturated heterocycles. The van der Waals surface area contributed by atoms with E-state index in [-0.39, 0.29) is 12.5 Å². The second-order valence-corrected chi connectivity index (χ2v) is 5.52. The molecular weight excluding hydrogens is 254 g/mol. The van der Waals surface area contributed by atoms with Crippen LogP contribution in [0.4, 0.5) is 0 Å². The lowest BCUT2D eigenvalue weighted by Gasteiger charge is -2.18. The van der Waals surface area contributed by atoms with Crippen LogP contribution in [0.2, 0.25) is 0 Å². The second-order valence-electron chi connectivity index (χ2n) is 5.52.